The highest BCUT2D eigenvalue weighted by atomic mass is 15.4. The van der Waals surface area contributed by atoms with E-state index in [-0.39, 0.29) is 0 Å². The summed E-state index contributed by atoms with van der Waals surface area (Å²) < 4.78 is 0. The molecule has 2 rings (SSSR count). The monoisotopic (exact) mass is 221 g/mol. The molecule has 1 fully saturated rings. The predicted molar refractivity (Wildman–Crippen MR) is 62.3 cm³/mol. The van der Waals surface area contributed by atoms with Crippen molar-refractivity contribution in [2.45, 2.75) is 38.6 Å². The lowest BCUT2D eigenvalue weighted by molar-refractivity contribution is 0.106. The van der Waals surface area contributed by atoms with Crippen LogP contribution in [0.15, 0.2) is 4.99 Å². The van der Waals surface area contributed by atoms with Crippen molar-refractivity contribution in [2.75, 3.05) is 13.3 Å². The zero-order chi connectivity index (χ0) is 11.4. The van der Waals surface area contributed by atoms with Crippen LogP contribution < -0.4 is 10.6 Å². The average Bonchev–Trinajstić information content (AvgIpc) is 2.31. The van der Waals surface area contributed by atoms with Crippen LogP contribution in [0.25, 0.3) is 0 Å². The molecule has 0 spiro atoms. The van der Waals surface area contributed by atoms with Gasteiger partial charge < -0.3 is 5.32 Å². The topological polar surface area (TPSA) is 63.5 Å². The number of nitriles is 1. The maximum absolute atomic E-state index is 8.48. The Balaban J connectivity index is 1.90. The molecule has 2 unspecified atom stereocenters. The van der Waals surface area contributed by atoms with Crippen molar-refractivity contribution in [2.24, 2.45) is 10.9 Å². The van der Waals surface area contributed by atoms with Crippen LogP contribution in [-0.4, -0.2) is 30.2 Å². The lowest BCUT2D eigenvalue weighted by Crippen LogP contribution is -2.53. The molecule has 5 nitrogen and oxygen atoms in total. The molecule has 1 saturated carbocycles. The van der Waals surface area contributed by atoms with Crippen molar-refractivity contribution in [1.29, 1.82) is 5.26 Å². The number of aliphatic imine (C=N–C) groups is 1. The molecule has 0 aromatic rings. The third-order valence-corrected chi connectivity index (χ3v) is 3.57. The summed E-state index contributed by atoms with van der Waals surface area (Å²) in [6, 6.07) is 0.647. The van der Waals surface area contributed by atoms with Gasteiger partial charge in [-0.3, -0.25) is 10.2 Å². The standard InChI is InChI=1S/C11H19N5/c1-9-4-2-3-5-10(9)16-7-14-11(13-6-12)15-8-16/h9-10H,2-5,7-8H2,1H3,(H2,13,14,15). The Labute approximate surface area is 96.5 Å². The van der Waals surface area contributed by atoms with E-state index in [2.05, 4.69) is 27.4 Å². The fourth-order valence-electron chi connectivity index (χ4n) is 2.64. The van der Waals surface area contributed by atoms with E-state index in [0.717, 1.165) is 12.6 Å². The number of nitrogens with one attached hydrogen (secondary N) is 2. The van der Waals surface area contributed by atoms with Crippen LogP contribution in [-0.2, 0) is 0 Å². The average molecular weight is 221 g/mol. The van der Waals surface area contributed by atoms with E-state index >= 15 is 0 Å². The summed E-state index contributed by atoms with van der Waals surface area (Å²) in [4.78, 5) is 6.68. The predicted octanol–water partition coefficient (Wildman–Crippen LogP) is 0.812. The first-order valence-corrected chi connectivity index (χ1v) is 5.98. The van der Waals surface area contributed by atoms with Gasteiger partial charge in [0, 0.05) is 6.04 Å². The second kappa shape index (κ2) is 5.17. The molecular formula is C11H19N5. The molecule has 0 saturated heterocycles. The normalized spacial score (nSPS) is 31.1. The quantitative estimate of drug-likeness (QED) is 0.508. The zero-order valence-corrected chi connectivity index (χ0v) is 9.74. The van der Waals surface area contributed by atoms with Crippen LogP contribution in [0.3, 0.4) is 0 Å². The number of guanidine groups is 1. The molecule has 0 radical (unpaired) electrons. The minimum absolute atomic E-state index is 0.599. The third-order valence-electron chi connectivity index (χ3n) is 3.57. The molecule has 5 heteroatoms. The van der Waals surface area contributed by atoms with Gasteiger partial charge >= 0.3 is 0 Å². The summed E-state index contributed by atoms with van der Waals surface area (Å²) >= 11 is 0. The van der Waals surface area contributed by atoms with Crippen molar-refractivity contribution >= 4 is 5.96 Å². The van der Waals surface area contributed by atoms with E-state index in [1.54, 1.807) is 0 Å². The first kappa shape index (κ1) is 11.2. The van der Waals surface area contributed by atoms with Gasteiger partial charge in [-0.25, -0.2) is 4.99 Å². The Morgan fingerprint density at radius 1 is 1.50 bits per heavy atom. The lowest BCUT2D eigenvalue weighted by atomic mass is 9.85. The number of hydrogen-bond donors (Lipinski definition) is 2. The molecular weight excluding hydrogens is 202 g/mol. The Morgan fingerprint density at radius 2 is 2.31 bits per heavy atom. The van der Waals surface area contributed by atoms with Gasteiger partial charge in [-0.05, 0) is 18.8 Å². The van der Waals surface area contributed by atoms with Gasteiger partial charge in [0.2, 0.25) is 5.96 Å². The van der Waals surface area contributed by atoms with Crippen molar-refractivity contribution in [3.8, 4) is 6.19 Å². The highest BCUT2D eigenvalue weighted by molar-refractivity contribution is 5.81. The molecule has 2 N–H and O–H groups in total. The van der Waals surface area contributed by atoms with Gasteiger partial charge in [-0.1, -0.05) is 19.8 Å². The molecule has 2 aliphatic rings. The van der Waals surface area contributed by atoms with Crippen molar-refractivity contribution in [1.82, 2.24) is 15.5 Å². The van der Waals surface area contributed by atoms with Crippen LogP contribution in [0.1, 0.15) is 32.6 Å². The van der Waals surface area contributed by atoms with E-state index in [9.17, 15) is 0 Å². The minimum Gasteiger partial charge on any atom is -0.343 e. The number of rotatable bonds is 1. The molecule has 1 aliphatic heterocycles. The summed E-state index contributed by atoms with van der Waals surface area (Å²) in [6.07, 6.45) is 7.18. The fourth-order valence-corrected chi connectivity index (χ4v) is 2.64. The second-order valence-electron chi connectivity index (χ2n) is 4.64. The van der Waals surface area contributed by atoms with Gasteiger partial charge in [-0.15, -0.1) is 0 Å². The van der Waals surface area contributed by atoms with Crippen LogP contribution in [0, 0.1) is 17.4 Å². The van der Waals surface area contributed by atoms with Crippen LogP contribution in [0.5, 0.6) is 0 Å². The molecule has 16 heavy (non-hydrogen) atoms. The number of hydrogen-bond acceptors (Lipinski definition) is 5. The third kappa shape index (κ3) is 2.45. The lowest BCUT2D eigenvalue weighted by Gasteiger charge is -2.39. The molecule has 0 amide bonds. The highest BCUT2D eigenvalue weighted by Gasteiger charge is 2.28. The molecule has 2 atom stereocenters. The van der Waals surface area contributed by atoms with Crippen molar-refractivity contribution < 1.29 is 0 Å². The SMILES string of the molecule is CC1CCCCC1N1CN=C(NC#N)NC1. The fraction of sp³-hybridized carbons (Fsp3) is 0.818. The number of nitrogens with zero attached hydrogens (tertiary/aromatic N) is 3. The molecule has 0 aromatic heterocycles. The maximum atomic E-state index is 8.48. The van der Waals surface area contributed by atoms with Crippen LogP contribution in [0.4, 0.5) is 0 Å². The summed E-state index contributed by atoms with van der Waals surface area (Å²) in [5.74, 6) is 1.36. The Hall–Kier alpha value is -1.28. The minimum atomic E-state index is 0.599. The molecule has 0 aromatic carbocycles. The zero-order valence-electron chi connectivity index (χ0n) is 9.74. The van der Waals surface area contributed by atoms with Gasteiger partial charge in [0.15, 0.2) is 6.19 Å². The van der Waals surface area contributed by atoms with E-state index in [1.807, 2.05) is 6.19 Å². The van der Waals surface area contributed by atoms with Crippen molar-refractivity contribution in [3.05, 3.63) is 0 Å². The molecule has 0 bridgehead atoms. The van der Waals surface area contributed by atoms with E-state index < -0.39 is 0 Å². The van der Waals surface area contributed by atoms with Crippen LogP contribution >= 0.6 is 0 Å². The highest BCUT2D eigenvalue weighted by Crippen LogP contribution is 2.28. The van der Waals surface area contributed by atoms with E-state index in [1.165, 1.54) is 25.7 Å². The smallest absolute Gasteiger partial charge is 0.207 e. The van der Waals surface area contributed by atoms with Crippen molar-refractivity contribution in [3.63, 3.8) is 0 Å². The Morgan fingerprint density at radius 3 is 2.94 bits per heavy atom. The van der Waals surface area contributed by atoms with E-state index in [4.69, 9.17) is 5.26 Å². The van der Waals surface area contributed by atoms with E-state index in [0.29, 0.717) is 18.7 Å². The van der Waals surface area contributed by atoms with Gasteiger partial charge in [0.05, 0.1) is 13.3 Å². The summed E-state index contributed by atoms with van der Waals surface area (Å²) in [7, 11) is 0. The second-order valence-corrected chi connectivity index (χ2v) is 4.64. The Kier molecular flexibility index (Phi) is 3.62. The van der Waals surface area contributed by atoms with Gasteiger partial charge in [0.1, 0.15) is 0 Å². The Bertz CT molecular complexity index is 306. The summed E-state index contributed by atoms with van der Waals surface area (Å²) in [5.41, 5.74) is 0. The molecule has 1 aliphatic carbocycles. The van der Waals surface area contributed by atoms with Gasteiger partial charge in [0.25, 0.3) is 0 Å². The summed E-state index contributed by atoms with van der Waals surface area (Å²) in [6.45, 7) is 3.82. The largest absolute Gasteiger partial charge is 0.343 e. The molecule has 88 valence electrons. The molecule has 1 heterocycles. The maximum Gasteiger partial charge on any atom is 0.207 e. The van der Waals surface area contributed by atoms with Gasteiger partial charge in [-0.2, -0.15) is 5.26 Å². The summed E-state index contributed by atoms with van der Waals surface area (Å²) in [5, 5.41) is 14.1. The first-order chi connectivity index (χ1) is 7.81. The first-order valence-electron chi connectivity index (χ1n) is 5.98. The van der Waals surface area contributed by atoms with Crippen LogP contribution in [0.2, 0.25) is 0 Å².